The van der Waals surface area contributed by atoms with Gasteiger partial charge in [-0.15, -0.1) is 0 Å². The highest BCUT2D eigenvalue weighted by molar-refractivity contribution is 5.57. The van der Waals surface area contributed by atoms with Crippen LogP contribution in [0.3, 0.4) is 0 Å². The maximum absolute atomic E-state index is 3.54. The predicted molar refractivity (Wildman–Crippen MR) is 83.9 cm³/mol. The predicted octanol–water partition coefficient (Wildman–Crippen LogP) is 3.47. The number of benzene rings is 1. The number of nitrogens with zero attached hydrogens (tertiary/aromatic N) is 1. The molecule has 2 nitrogen and oxygen atoms in total. The molecule has 1 atom stereocenters. The van der Waals surface area contributed by atoms with Gasteiger partial charge >= 0.3 is 0 Å². The van der Waals surface area contributed by atoms with Crippen molar-refractivity contribution in [3.63, 3.8) is 0 Å². The molecule has 106 valence electrons. The third kappa shape index (κ3) is 3.50. The Hall–Kier alpha value is -1.02. The molecule has 19 heavy (non-hydrogen) atoms. The van der Waals surface area contributed by atoms with Crippen LogP contribution in [-0.2, 0) is 6.42 Å². The van der Waals surface area contributed by atoms with Crippen molar-refractivity contribution in [1.29, 1.82) is 0 Å². The van der Waals surface area contributed by atoms with Crippen LogP contribution in [0.4, 0.5) is 5.69 Å². The standard InChI is InChI=1S/C17H28N2/c1-4-11-17(3,13-18-5-2)14-19-12-10-15-8-6-7-9-16(15)19/h6-9,18H,4-5,10-14H2,1-3H3. The molecule has 2 heteroatoms. The Morgan fingerprint density at radius 2 is 2.05 bits per heavy atom. The Bertz CT molecular complexity index is 402. The Morgan fingerprint density at radius 1 is 1.26 bits per heavy atom. The van der Waals surface area contributed by atoms with E-state index in [-0.39, 0.29) is 0 Å². The average Bonchev–Trinajstić information content (AvgIpc) is 2.80. The minimum absolute atomic E-state index is 0.377. The highest BCUT2D eigenvalue weighted by atomic mass is 15.2. The van der Waals surface area contributed by atoms with E-state index in [9.17, 15) is 0 Å². The van der Waals surface area contributed by atoms with E-state index < -0.39 is 0 Å². The van der Waals surface area contributed by atoms with Gasteiger partial charge in [0.15, 0.2) is 0 Å². The molecule has 1 N–H and O–H groups in total. The molecule has 0 fully saturated rings. The van der Waals surface area contributed by atoms with Gasteiger partial charge in [0.25, 0.3) is 0 Å². The molecule has 0 bridgehead atoms. The van der Waals surface area contributed by atoms with Crippen LogP contribution in [0.2, 0.25) is 0 Å². The molecule has 1 aliphatic heterocycles. The van der Waals surface area contributed by atoms with E-state index in [0.29, 0.717) is 5.41 Å². The Morgan fingerprint density at radius 3 is 2.79 bits per heavy atom. The van der Waals surface area contributed by atoms with Gasteiger partial charge in [-0.05, 0) is 36.4 Å². The van der Waals surface area contributed by atoms with Gasteiger partial charge in [-0.25, -0.2) is 0 Å². The zero-order valence-electron chi connectivity index (χ0n) is 12.7. The fourth-order valence-electron chi connectivity index (χ4n) is 3.29. The van der Waals surface area contributed by atoms with E-state index in [0.717, 1.165) is 13.1 Å². The number of para-hydroxylation sites is 1. The lowest BCUT2D eigenvalue weighted by atomic mass is 9.84. The summed E-state index contributed by atoms with van der Waals surface area (Å²) in [5.74, 6) is 0. The molecule has 2 rings (SSSR count). The summed E-state index contributed by atoms with van der Waals surface area (Å²) in [7, 11) is 0. The van der Waals surface area contributed by atoms with Crippen LogP contribution in [0.25, 0.3) is 0 Å². The monoisotopic (exact) mass is 260 g/mol. The largest absolute Gasteiger partial charge is 0.370 e. The molecular formula is C17H28N2. The van der Waals surface area contributed by atoms with Crippen LogP contribution >= 0.6 is 0 Å². The summed E-state index contributed by atoms with van der Waals surface area (Å²) < 4.78 is 0. The quantitative estimate of drug-likeness (QED) is 0.807. The second kappa shape index (κ2) is 6.42. The summed E-state index contributed by atoms with van der Waals surface area (Å²) in [6.07, 6.45) is 3.76. The molecule has 1 aromatic rings. The van der Waals surface area contributed by atoms with Crippen LogP contribution < -0.4 is 10.2 Å². The summed E-state index contributed by atoms with van der Waals surface area (Å²) >= 11 is 0. The molecule has 1 aromatic carbocycles. The molecule has 0 radical (unpaired) electrons. The first kappa shape index (κ1) is 14.4. The van der Waals surface area contributed by atoms with E-state index in [1.165, 1.54) is 43.6 Å². The van der Waals surface area contributed by atoms with Gasteiger partial charge in [-0.2, -0.15) is 0 Å². The maximum atomic E-state index is 3.54. The molecule has 1 aliphatic rings. The van der Waals surface area contributed by atoms with Gasteiger partial charge < -0.3 is 10.2 Å². The molecule has 1 heterocycles. The zero-order chi connectivity index (χ0) is 13.7. The summed E-state index contributed by atoms with van der Waals surface area (Å²) in [5.41, 5.74) is 3.36. The van der Waals surface area contributed by atoms with Gasteiger partial charge in [0.2, 0.25) is 0 Å². The normalized spacial score (nSPS) is 17.3. The van der Waals surface area contributed by atoms with Gasteiger partial charge in [-0.1, -0.05) is 45.4 Å². The van der Waals surface area contributed by atoms with Crippen molar-refractivity contribution in [3.05, 3.63) is 29.8 Å². The van der Waals surface area contributed by atoms with Gasteiger partial charge in [0.05, 0.1) is 0 Å². The lowest BCUT2D eigenvalue weighted by Gasteiger charge is -2.35. The Kier molecular flexibility index (Phi) is 4.87. The summed E-state index contributed by atoms with van der Waals surface area (Å²) in [4.78, 5) is 2.59. The molecule has 0 amide bonds. The smallest absolute Gasteiger partial charge is 0.0399 e. The number of anilines is 1. The van der Waals surface area contributed by atoms with Crippen LogP contribution in [0, 0.1) is 5.41 Å². The van der Waals surface area contributed by atoms with Crippen molar-refractivity contribution in [3.8, 4) is 0 Å². The maximum Gasteiger partial charge on any atom is 0.0399 e. The van der Waals surface area contributed by atoms with Crippen molar-refractivity contribution in [2.24, 2.45) is 5.41 Å². The fourth-order valence-corrected chi connectivity index (χ4v) is 3.29. The van der Waals surface area contributed by atoms with Crippen molar-refractivity contribution < 1.29 is 0 Å². The third-order valence-electron chi connectivity index (χ3n) is 4.21. The lowest BCUT2D eigenvalue weighted by molar-refractivity contribution is 0.284. The number of fused-ring (bicyclic) bond motifs is 1. The molecule has 0 aliphatic carbocycles. The first-order valence-electron chi connectivity index (χ1n) is 7.72. The fraction of sp³-hybridized carbons (Fsp3) is 0.647. The topological polar surface area (TPSA) is 15.3 Å². The summed E-state index contributed by atoms with van der Waals surface area (Å²) in [5, 5.41) is 3.54. The van der Waals surface area contributed by atoms with Crippen molar-refractivity contribution in [2.45, 2.75) is 40.0 Å². The van der Waals surface area contributed by atoms with E-state index in [4.69, 9.17) is 0 Å². The Balaban J connectivity index is 2.06. The van der Waals surface area contributed by atoms with Crippen LogP contribution in [0.1, 0.15) is 39.2 Å². The molecule has 0 saturated heterocycles. The molecular weight excluding hydrogens is 232 g/mol. The first-order chi connectivity index (χ1) is 9.18. The molecule has 0 aromatic heterocycles. The van der Waals surface area contributed by atoms with E-state index in [1.807, 2.05) is 0 Å². The van der Waals surface area contributed by atoms with Crippen molar-refractivity contribution in [2.75, 3.05) is 31.1 Å². The minimum Gasteiger partial charge on any atom is -0.370 e. The van der Waals surface area contributed by atoms with Gasteiger partial charge in [0, 0.05) is 25.3 Å². The second-order valence-corrected chi connectivity index (χ2v) is 6.14. The summed E-state index contributed by atoms with van der Waals surface area (Å²) in [6, 6.07) is 8.88. The van der Waals surface area contributed by atoms with Crippen LogP contribution in [0.5, 0.6) is 0 Å². The lowest BCUT2D eigenvalue weighted by Crippen LogP contribution is -2.42. The zero-order valence-corrected chi connectivity index (χ0v) is 12.7. The minimum atomic E-state index is 0.377. The first-order valence-corrected chi connectivity index (χ1v) is 7.72. The molecule has 0 spiro atoms. The van der Waals surface area contributed by atoms with E-state index in [2.05, 4.69) is 55.3 Å². The number of hydrogen-bond donors (Lipinski definition) is 1. The highest BCUT2D eigenvalue weighted by Crippen LogP contribution is 2.32. The van der Waals surface area contributed by atoms with Crippen molar-refractivity contribution >= 4 is 5.69 Å². The van der Waals surface area contributed by atoms with Crippen LogP contribution in [-0.4, -0.2) is 26.2 Å². The summed E-state index contributed by atoms with van der Waals surface area (Å²) in [6.45, 7) is 11.5. The number of rotatable bonds is 7. The number of hydrogen-bond acceptors (Lipinski definition) is 2. The van der Waals surface area contributed by atoms with Gasteiger partial charge in [-0.3, -0.25) is 0 Å². The van der Waals surface area contributed by atoms with Crippen LogP contribution in [0.15, 0.2) is 24.3 Å². The Labute approximate surface area is 118 Å². The molecule has 1 unspecified atom stereocenters. The van der Waals surface area contributed by atoms with Crippen molar-refractivity contribution in [1.82, 2.24) is 5.32 Å². The van der Waals surface area contributed by atoms with E-state index in [1.54, 1.807) is 0 Å². The van der Waals surface area contributed by atoms with E-state index >= 15 is 0 Å². The number of nitrogens with one attached hydrogen (secondary N) is 1. The highest BCUT2D eigenvalue weighted by Gasteiger charge is 2.29. The SMILES string of the molecule is CCCC(C)(CNCC)CN1CCc2ccccc21. The average molecular weight is 260 g/mol. The third-order valence-corrected chi connectivity index (χ3v) is 4.21. The van der Waals surface area contributed by atoms with Gasteiger partial charge in [0.1, 0.15) is 0 Å². The second-order valence-electron chi connectivity index (χ2n) is 6.14. The molecule has 0 saturated carbocycles.